The number of fused-ring (bicyclic) bond motifs is 1. The van der Waals surface area contributed by atoms with E-state index in [0.29, 0.717) is 5.56 Å². The van der Waals surface area contributed by atoms with Gasteiger partial charge in [0.2, 0.25) is 0 Å². The first-order valence-corrected chi connectivity index (χ1v) is 6.80. The predicted molar refractivity (Wildman–Crippen MR) is 75.0 cm³/mol. The summed E-state index contributed by atoms with van der Waals surface area (Å²) in [5, 5.41) is 31.7. The Balaban J connectivity index is 0.00000288. The summed E-state index contributed by atoms with van der Waals surface area (Å²) in [5.74, 6) is -4.44. The molecule has 8 nitrogen and oxygen atoms in total. The minimum Gasteiger partial charge on any atom is -0.549 e. The van der Waals surface area contributed by atoms with Crippen molar-refractivity contribution in [3.05, 3.63) is 36.0 Å². The Bertz CT molecular complexity index is 732. The molecule has 122 valence electrons. The van der Waals surface area contributed by atoms with Gasteiger partial charge in [0.25, 0.3) is 0 Å². The molecule has 2 N–H and O–H groups in total. The van der Waals surface area contributed by atoms with Crippen LogP contribution in [0.3, 0.4) is 0 Å². The number of aromatic nitrogens is 1. The monoisotopic (exact) mass is 364 g/mol. The molecule has 2 rings (SSSR count). The molecule has 0 aliphatic rings. The number of carboxylic acids is 3. The Hall–Kier alpha value is -0.870. The minimum absolute atomic E-state index is 0. The largest absolute Gasteiger partial charge is 1.00 e. The molecule has 1 aromatic heterocycles. The average molecular weight is 364 g/mol. The van der Waals surface area contributed by atoms with Crippen LogP contribution < -0.4 is 69.3 Å². The first-order valence-electron chi connectivity index (χ1n) is 6.80. The van der Waals surface area contributed by atoms with Gasteiger partial charge in [-0.25, -0.2) is 0 Å². The van der Waals surface area contributed by atoms with Crippen molar-refractivity contribution < 1.29 is 88.8 Å². The van der Waals surface area contributed by atoms with Crippen LogP contribution in [0.1, 0.15) is 5.56 Å². The van der Waals surface area contributed by atoms with Crippen molar-refractivity contribution >= 4 is 28.8 Å². The second-order valence-electron chi connectivity index (χ2n) is 5.07. The fraction of sp³-hybridized carbons (Fsp3) is 0.267. The first kappa shape index (κ1) is 24.1. The number of hydrogen-bond donors (Lipinski definition) is 2. The van der Waals surface area contributed by atoms with Crippen molar-refractivity contribution in [2.24, 2.45) is 0 Å². The number of nitrogens with zero attached hydrogens (tertiary/aromatic N) is 1. The van der Waals surface area contributed by atoms with E-state index in [-0.39, 0.29) is 65.5 Å². The molecule has 0 radical (unpaired) electrons. The van der Waals surface area contributed by atoms with Crippen molar-refractivity contribution in [3.63, 3.8) is 0 Å². The van der Waals surface area contributed by atoms with E-state index in [2.05, 4.69) is 4.98 Å². The van der Waals surface area contributed by atoms with E-state index in [1.54, 1.807) is 18.3 Å². The van der Waals surface area contributed by atoms with E-state index in [9.17, 15) is 29.7 Å². The fourth-order valence-electron chi connectivity index (χ4n) is 2.49. The summed E-state index contributed by atoms with van der Waals surface area (Å²) in [5.41, 5.74) is 1.45. The summed E-state index contributed by atoms with van der Waals surface area (Å²) in [4.78, 5) is 36.8. The Labute approximate surface area is 187 Å². The molecule has 0 spiro atoms. The number of rotatable bonds is 8. The number of hydrogen-bond acceptors (Lipinski definition) is 6. The molecule has 2 aromatic rings. The van der Waals surface area contributed by atoms with Crippen molar-refractivity contribution in [2.45, 2.75) is 12.5 Å². The summed E-state index contributed by atoms with van der Waals surface area (Å²) in [6.45, 7) is -1.62. The van der Waals surface area contributed by atoms with Gasteiger partial charge in [-0.15, -0.1) is 0 Å². The predicted octanol–water partition coefficient (Wildman–Crippen LogP) is -8.03. The second kappa shape index (κ2) is 11.0. The Morgan fingerprint density at radius 3 is 2.16 bits per heavy atom. The average Bonchev–Trinajstić information content (AvgIpc) is 2.86. The molecule has 25 heavy (non-hydrogen) atoms. The number of benzene rings is 1. The number of para-hydroxylation sites is 1. The molecule has 1 aromatic carbocycles. The summed E-state index contributed by atoms with van der Waals surface area (Å²) in [6.07, 6.45) is 1.57. The van der Waals surface area contributed by atoms with E-state index in [1.165, 1.54) is 0 Å². The van der Waals surface area contributed by atoms with Gasteiger partial charge in [0.05, 0.1) is 11.9 Å². The zero-order chi connectivity index (χ0) is 17.0. The van der Waals surface area contributed by atoms with Gasteiger partial charge in [-0.1, -0.05) is 18.2 Å². The van der Waals surface area contributed by atoms with Crippen LogP contribution >= 0.6 is 0 Å². The maximum Gasteiger partial charge on any atom is 1.00 e. The quantitative estimate of drug-likeness (QED) is 0.444. The first-order chi connectivity index (χ1) is 10.9. The number of carbonyl (C=O) groups is 3. The molecule has 0 saturated carbocycles. The topological polar surface area (TPSA) is 137 Å². The molecular formula is C15H14N2Na2O6. The summed E-state index contributed by atoms with van der Waals surface area (Å²) >= 11 is 0. The SMILES string of the molecule is O=C([O-])CN(CC(=O)[O-])[C@@H](Cc1c[nH]c2ccccc12)C(=O)O.[Na+].[Na+]. The number of nitrogens with one attached hydrogen (secondary N) is 1. The molecule has 0 bridgehead atoms. The number of aromatic amines is 1. The van der Waals surface area contributed by atoms with E-state index in [0.717, 1.165) is 15.8 Å². The maximum absolute atomic E-state index is 11.5. The molecule has 0 amide bonds. The molecular weight excluding hydrogens is 350 g/mol. The Morgan fingerprint density at radius 1 is 1.08 bits per heavy atom. The Morgan fingerprint density at radius 2 is 1.64 bits per heavy atom. The van der Waals surface area contributed by atoms with Gasteiger partial charge in [-0.2, -0.15) is 0 Å². The van der Waals surface area contributed by atoms with Gasteiger partial charge in [0.15, 0.2) is 0 Å². The van der Waals surface area contributed by atoms with Gasteiger partial charge < -0.3 is 29.9 Å². The van der Waals surface area contributed by atoms with Crippen LogP contribution in [-0.2, 0) is 20.8 Å². The van der Waals surface area contributed by atoms with Gasteiger partial charge in [-0.05, 0) is 11.6 Å². The van der Waals surface area contributed by atoms with Crippen LogP contribution in [0.25, 0.3) is 10.9 Å². The van der Waals surface area contributed by atoms with Crippen molar-refractivity contribution in [1.82, 2.24) is 9.88 Å². The zero-order valence-corrected chi connectivity index (χ0v) is 18.0. The van der Waals surface area contributed by atoms with E-state index >= 15 is 0 Å². The van der Waals surface area contributed by atoms with Crippen LogP contribution in [0.4, 0.5) is 0 Å². The smallest absolute Gasteiger partial charge is 0.549 e. The normalized spacial score (nSPS) is 11.4. The molecule has 10 heteroatoms. The van der Waals surface area contributed by atoms with Crippen molar-refractivity contribution in [1.29, 1.82) is 0 Å². The standard InChI is InChI=1S/C15H16N2O6.2Na/c18-13(19)7-17(8-14(20)21)12(15(22)23)5-9-6-16-11-4-2-1-3-10(9)11;;/h1-4,6,12,16H,5,7-8H2,(H,18,19)(H,20,21)(H,22,23);;/q;2*+1/p-2/t12-;;/m0../s1. The second-order valence-corrected chi connectivity index (χ2v) is 5.07. The van der Waals surface area contributed by atoms with Crippen molar-refractivity contribution in [2.75, 3.05) is 13.1 Å². The van der Waals surface area contributed by atoms with Crippen LogP contribution in [0, 0.1) is 0 Å². The van der Waals surface area contributed by atoms with Crippen LogP contribution in [0.15, 0.2) is 30.5 Å². The maximum atomic E-state index is 11.5. The third-order valence-corrected chi connectivity index (χ3v) is 3.48. The number of H-pyrrole nitrogens is 1. The molecule has 1 heterocycles. The van der Waals surface area contributed by atoms with Gasteiger partial charge in [0.1, 0.15) is 6.04 Å². The van der Waals surface area contributed by atoms with E-state index in [4.69, 9.17) is 0 Å². The molecule has 0 saturated heterocycles. The molecule has 0 aliphatic carbocycles. The minimum atomic E-state index is -1.56. The van der Waals surface area contributed by atoms with E-state index in [1.807, 2.05) is 12.1 Å². The zero-order valence-electron chi connectivity index (χ0n) is 14.0. The summed E-state index contributed by atoms with van der Waals surface area (Å²) < 4.78 is 0. The molecule has 1 atom stereocenters. The van der Waals surface area contributed by atoms with Crippen molar-refractivity contribution in [3.8, 4) is 0 Å². The van der Waals surface area contributed by atoms with Crippen LogP contribution in [0.2, 0.25) is 0 Å². The van der Waals surface area contributed by atoms with Crippen LogP contribution in [0.5, 0.6) is 0 Å². The Kier molecular flexibility index (Phi) is 10.6. The fourth-order valence-corrected chi connectivity index (χ4v) is 2.49. The molecule has 0 aliphatic heterocycles. The van der Waals surface area contributed by atoms with E-state index < -0.39 is 37.0 Å². The third-order valence-electron chi connectivity index (χ3n) is 3.48. The number of aliphatic carboxylic acids is 3. The van der Waals surface area contributed by atoms with Crippen LogP contribution in [-0.4, -0.2) is 52.0 Å². The summed E-state index contributed by atoms with van der Waals surface area (Å²) in [7, 11) is 0. The van der Waals surface area contributed by atoms with Gasteiger partial charge >= 0.3 is 65.1 Å². The third kappa shape index (κ3) is 6.74. The summed E-state index contributed by atoms with van der Waals surface area (Å²) in [6, 6.07) is 5.88. The van der Waals surface area contributed by atoms with Gasteiger partial charge in [0, 0.05) is 36.6 Å². The molecule has 0 fully saturated rings. The van der Waals surface area contributed by atoms with Gasteiger partial charge in [-0.3, -0.25) is 9.69 Å². The number of carbonyl (C=O) groups excluding carboxylic acids is 2. The molecule has 0 unspecified atom stereocenters. The number of carboxylic acid groups (broad SMARTS) is 3.